The Morgan fingerprint density at radius 1 is 1.25 bits per heavy atom. The van der Waals surface area contributed by atoms with Gasteiger partial charge in [0.1, 0.15) is 0 Å². The third kappa shape index (κ3) is 2.08. The van der Waals surface area contributed by atoms with Crippen LogP contribution >= 0.6 is 11.8 Å². The van der Waals surface area contributed by atoms with E-state index in [4.69, 9.17) is 0 Å². The lowest BCUT2D eigenvalue weighted by atomic mass is 10.2. The molecule has 0 radical (unpaired) electrons. The second kappa shape index (κ2) is 3.39. The second-order valence-corrected chi connectivity index (χ2v) is 4.08. The summed E-state index contributed by atoms with van der Waals surface area (Å²) in [5, 5.41) is 0.942. The Bertz CT molecular complexity index is 53.4. The predicted molar refractivity (Wildman–Crippen MR) is 40.4 cm³/mol. The highest BCUT2D eigenvalue weighted by molar-refractivity contribution is 7.99. The van der Waals surface area contributed by atoms with Gasteiger partial charge in [-0.2, -0.15) is 11.8 Å². The molecule has 0 aromatic rings. The molecule has 0 aromatic heterocycles. The molecule has 0 aliphatic carbocycles. The summed E-state index contributed by atoms with van der Waals surface area (Å²) in [7, 11) is 0. The zero-order chi connectivity index (χ0) is 5.82. The molecule has 0 spiro atoms. The van der Waals surface area contributed by atoms with Crippen LogP contribution in [0.4, 0.5) is 0 Å². The standard InChI is InChI=1S/C7H14S/c1-7-5-3-2-4-6-8-7/h7H,2-6H2,1H3. The molecular weight excluding hydrogens is 116 g/mol. The maximum Gasteiger partial charge on any atom is 0.00187 e. The van der Waals surface area contributed by atoms with Crippen molar-refractivity contribution >= 4 is 11.8 Å². The molecule has 0 saturated carbocycles. The first-order valence-corrected chi connectivity index (χ1v) is 4.56. The fourth-order valence-electron chi connectivity index (χ4n) is 1.08. The van der Waals surface area contributed by atoms with Gasteiger partial charge in [0.25, 0.3) is 0 Å². The monoisotopic (exact) mass is 130 g/mol. The van der Waals surface area contributed by atoms with Gasteiger partial charge in [-0.15, -0.1) is 0 Å². The molecule has 0 nitrogen and oxygen atoms in total. The predicted octanol–water partition coefficient (Wildman–Crippen LogP) is 2.68. The Morgan fingerprint density at radius 2 is 2.12 bits per heavy atom. The van der Waals surface area contributed by atoms with E-state index < -0.39 is 0 Å². The first-order valence-electron chi connectivity index (χ1n) is 3.51. The molecule has 8 heavy (non-hydrogen) atoms. The highest BCUT2D eigenvalue weighted by Crippen LogP contribution is 2.22. The van der Waals surface area contributed by atoms with Gasteiger partial charge in [0.15, 0.2) is 0 Å². The van der Waals surface area contributed by atoms with Crippen LogP contribution in [0.5, 0.6) is 0 Å². The minimum Gasteiger partial charge on any atom is -0.159 e. The zero-order valence-electron chi connectivity index (χ0n) is 5.52. The maximum atomic E-state index is 2.34. The second-order valence-electron chi connectivity index (χ2n) is 2.53. The summed E-state index contributed by atoms with van der Waals surface area (Å²) in [6, 6.07) is 0. The van der Waals surface area contributed by atoms with Crippen LogP contribution in [0, 0.1) is 0 Å². The van der Waals surface area contributed by atoms with Gasteiger partial charge in [0, 0.05) is 5.25 Å². The molecule has 0 bridgehead atoms. The SMILES string of the molecule is CC1CCCCCS1. The molecule has 48 valence electrons. The molecular formula is C7H14S. The first kappa shape index (κ1) is 6.47. The van der Waals surface area contributed by atoms with E-state index >= 15 is 0 Å². The fraction of sp³-hybridized carbons (Fsp3) is 1.00. The normalized spacial score (nSPS) is 31.9. The first-order chi connectivity index (χ1) is 3.89. The third-order valence-corrected chi connectivity index (χ3v) is 2.99. The lowest BCUT2D eigenvalue weighted by Crippen LogP contribution is -1.91. The fourth-order valence-corrected chi connectivity index (χ4v) is 2.18. The average Bonchev–Trinajstić information content (AvgIpc) is 1.94. The van der Waals surface area contributed by atoms with E-state index in [-0.39, 0.29) is 0 Å². The molecule has 1 heterocycles. The summed E-state index contributed by atoms with van der Waals surface area (Å²) in [6.45, 7) is 2.34. The summed E-state index contributed by atoms with van der Waals surface area (Å²) in [6.07, 6.45) is 5.84. The van der Waals surface area contributed by atoms with E-state index in [0.717, 1.165) is 5.25 Å². The van der Waals surface area contributed by atoms with E-state index in [2.05, 4.69) is 18.7 Å². The summed E-state index contributed by atoms with van der Waals surface area (Å²) in [5.74, 6) is 1.40. The Hall–Kier alpha value is 0.350. The van der Waals surface area contributed by atoms with Gasteiger partial charge < -0.3 is 0 Å². The molecule has 1 unspecified atom stereocenters. The zero-order valence-corrected chi connectivity index (χ0v) is 6.34. The summed E-state index contributed by atoms with van der Waals surface area (Å²) in [5.41, 5.74) is 0. The Morgan fingerprint density at radius 3 is 3.00 bits per heavy atom. The van der Waals surface area contributed by atoms with Crippen molar-refractivity contribution in [2.45, 2.75) is 37.9 Å². The Balaban J connectivity index is 2.17. The van der Waals surface area contributed by atoms with Gasteiger partial charge in [-0.05, 0) is 18.6 Å². The van der Waals surface area contributed by atoms with Crippen LogP contribution in [-0.2, 0) is 0 Å². The number of thioether (sulfide) groups is 1. The number of rotatable bonds is 0. The third-order valence-electron chi connectivity index (χ3n) is 1.66. The molecule has 1 aliphatic heterocycles. The van der Waals surface area contributed by atoms with E-state index in [9.17, 15) is 0 Å². The van der Waals surface area contributed by atoms with Gasteiger partial charge in [-0.1, -0.05) is 19.8 Å². The van der Waals surface area contributed by atoms with Gasteiger partial charge in [-0.3, -0.25) is 0 Å². The van der Waals surface area contributed by atoms with E-state index in [1.807, 2.05) is 0 Å². The molecule has 1 fully saturated rings. The summed E-state index contributed by atoms with van der Waals surface area (Å²) >= 11 is 2.14. The van der Waals surface area contributed by atoms with Gasteiger partial charge in [0.05, 0.1) is 0 Å². The number of hydrogen-bond acceptors (Lipinski definition) is 1. The smallest absolute Gasteiger partial charge is 0.00187 e. The van der Waals surface area contributed by atoms with E-state index in [1.165, 1.54) is 31.4 Å². The van der Waals surface area contributed by atoms with Gasteiger partial charge in [0.2, 0.25) is 0 Å². The quantitative estimate of drug-likeness (QED) is 0.486. The minimum absolute atomic E-state index is 0.942. The molecule has 1 atom stereocenters. The molecule has 0 aromatic carbocycles. The summed E-state index contributed by atoms with van der Waals surface area (Å²) in [4.78, 5) is 0. The molecule has 0 N–H and O–H groups in total. The van der Waals surface area contributed by atoms with Crippen molar-refractivity contribution in [1.82, 2.24) is 0 Å². The Labute approximate surface area is 56.0 Å². The van der Waals surface area contributed by atoms with Crippen LogP contribution in [0.3, 0.4) is 0 Å². The van der Waals surface area contributed by atoms with Crippen LogP contribution < -0.4 is 0 Å². The maximum absolute atomic E-state index is 2.34. The molecule has 0 amide bonds. The lowest BCUT2D eigenvalue weighted by molar-refractivity contribution is 0.686. The molecule has 1 aliphatic rings. The number of hydrogen-bond donors (Lipinski definition) is 0. The van der Waals surface area contributed by atoms with Crippen LogP contribution in [0.15, 0.2) is 0 Å². The van der Waals surface area contributed by atoms with E-state index in [1.54, 1.807) is 0 Å². The molecule has 1 saturated heterocycles. The topological polar surface area (TPSA) is 0 Å². The largest absolute Gasteiger partial charge is 0.159 e. The highest BCUT2D eigenvalue weighted by atomic mass is 32.2. The van der Waals surface area contributed by atoms with Crippen molar-refractivity contribution in [2.75, 3.05) is 5.75 Å². The van der Waals surface area contributed by atoms with Crippen molar-refractivity contribution in [3.8, 4) is 0 Å². The van der Waals surface area contributed by atoms with Crippen molar-refractivity contribution in [1.29, 1.82) is 0 Å². The van der Waals surface area contributed by atoms with Crippen molar-refractivity contribution < 1.29 is 0 Å². The van der Waals surface area contributed by atoms with Crippen LogP contribution in [0.25, 0.3) is 0 Å². The van der Waals surface area contributed by atoms with Gasteiger partial charge >= 0.3 is 0 Å². The van der Waals surface area contributed by atoms with Crippen LogP contribution in [0.1, 0.15) is 32.6 Å². The van der Waals surface area contributed by atoms with Crippen molar-refractivity contribution in [3.63, 3.8) is 0 Å². The van der Waals surface area contributed by atoms with Crippen LogP contribution in [0.2, 0.25) is 0 Å². The lowest BCUT2D eigenvalue weighted by Gasteiger charge is -2.02. The molecule has 1 heteroatoms. The highest BCUT2D eigenvalue weighted by Gasteiger charge is 2.05. The average molecular weight is 130 g/mol. The van der Waals surface area contributed by atoms with E-state index in [0.29, 0.717) is 0 Å². The van der Waals surface area contributed by atoms with Gasteiger partial charge in [-0.25, -0.2) is 0 Å². The summed E-state index contributed by atoms with van der Waals surface area (Å²) < 4.78 is 0. The minimum atomic E-state index is 0.942. The Kier molecular flexibility index (Phi) is 2.74. The van der Waals surface area contributed by atoms with Crippen molar-refractivity contribution in [3.05, 3.63) is 0 Å². The van der Waals surface area contributed by atoms with Crippen LogP contribution in [-0.4, -0.2) is 11.0 Å². The van der Waals surface area contributed by atoms with Crippen molar-refractivity contribution in [2.24, 2.45) is 0 Å². The molecule has 1 rings (SSSR count).